The lowest BCUT2D eigenvalue weighted by molar-refractivity contribution is 0.542. The molecule has 2 rings (SSSR count). The monoisotopic (exact) mass is 347 g/mol. The average molecular weight is 348 g/mol. The molecule has 0 aliphatic heterocycles. The number of hydrogen-bond donors (Lipinski definition) is 1. The van der Waals surface area contributed by atoms with Crippen molar-refractivity contribution in [2.24, 2.45) is 0 Å². The standard InChI is InChI=1S/C13H9BrF3NS/c14-12-7(2-1-3-9(12)15)6-19-13-10(16)4-8(18)5-11(13)17/h1-5H,6,18H2. The molecule has 100 valence electrons. The molecule has 0 saturated carbocycles. The van der Waals surface area contributed by atoms with E-state index >= 15 is 0 Å². The summed E-state index contributed by atoms with van der Waals surface area (Å²) in [6.45, 7) is 0. The summed E-state index contributed by atoms with van der Waals surface area (Å²) in [4.78, 5) is -0.120. The summed E-state index contributed by atoms with van der Waals surface area (Å²) in [6, 6.07) is 6.67. The fourth-order valence-corrected chi connectivity index (χ4v) is 3.05. The summed E-state index contributed by atoms with van der Waals surface area (Å²) in [7, 11) is 0. The van der Waals surface area contributed by atoms with Gasteiger partial charge in [-0.15, -0.1) is 11.8 Å². The van der Waals surface area contributed by atoms with Crippen LogP contribution < -0.4 is 5.73 Å². The molecular weight excluding hydrogens is 339 g/mol. The number of nitrogen functional groups attached to an aromatic ring is 1. The van der Waals surface area contributed by atoms with Crippen molar-refractivity contribution in [1.29, 1.82) is 0 Å². The molecule has 19 heavy (non-hydrogen) atoms. The highest BCUT2D eigenvalue weighted by atomic mass is 79.9. The van der Waals surface area contributed by atoms with Gasteiger partial charge >= 0.3 is 0 Å². The van der Waals surface area contributed by atoms with Gasteiger partial charge in [0.1, 0.15) is 17.5 Å². The molecule has 2 aromatic carbocycles. The molecule has 0 heterocycles. The Bertz CT molecular complexity index is 596. The molecule has 1 nitrogen and oxygen atoms in total. The number of halogens is 4. The van der Waals surface area contributed by atoms with Crippen LogP contribution in [0.1, 0.15) is 5.56 Å². The van der Waals surface area contributed by atoms with Crippen LogP contribution in [0, 0.1) is 17.5 Å². The molecule has 6 heteroatoms. The fourth-order valence-electron chi connectivity index (χ4n) is 1.53. The SMILES string of the molecule is Nc1cc(F)c(SCc2cccc(F)c2Br)c(F)c1. The number of hydrogen-bond acceptors (Lipinski definition) is 2. The Kier molecular flexibility index (Phi) is 4.42. The van der Waals surface area contributed by atoms with E-state index in [1.54, 1.807) is 12.1 Å². The van der Waals surface area contributed by atoms with Gasteiger partial charge in [0.05, 0.1) is 9.37 Å². The van der Waals surface area contributed by atoms with Crippen molar-refractivity contribution in [3.05, 3.63) is 57.8 Å². The molecule has 0 aliphatic rings. The van der Waals surface area contributed by atoms with Crippen LogP contribution >= 0.6 is 27.7 Å². The highest BCUT2D eigenvalue weighted by Crippen LogP contribution is 2.32. The molecule has 0 radical (unpaired) electrons. The lowest BCUT2D eigenvalue weighted by Gasteiger charge is -2.08. The first kappa shape index (κ1) is 14.3. The quantitative estimate of drug-likeness (QED) is 0.640. The van der Waals surface area contributed by atoms with Gasteiger partial charge in [-0.3, -0.25) is 0 Å². The maximum absolute atomic E-state index is 13.6. The number of anilines is 1. The van der Waals surface area contributed by atoms with Crippen molar-refractivity contribution in [3.8, 4) is 0 Å². The van der Waals surface area contributed by atoms with Gasteiger partial charge in [0.2, 0.25) is 0 Å². The van der Waals surface area contributed by atoms with Crippen LogP contribution in [0.5, 0.6) is 0 Å². The van der Waals surface area contributed by atoms with E-state index in [0.717, 1.165) is 23.9 Å². The molecule has 2 N–H and O–H groups in total. The summed E-state index contributed by atoms with van der Waals surface area (Å²) < 4.78 is 40.7. The predicted molar refractivity (Wildman–Crippen MR) is 74.4 cm³/mol. The number of thioether (sulfide) groups is 1. The topological polar surface area (TPSA) is 26.0 Å². The van der Waals surface area contributed by atoms with Crippen LogP contribution in [-0.2, 0) is 5.75 Å². The van der Waals surface area contributed by atoms with E-state index < -0.39 is 17.5 Å². The molecule has 0 saturated heterocycles. The second-order valence-corrected chi connectivity index (χ2v) is 5.59. The van der Waals surface area contributed by atoms with Crippen molar-refractivity contribution >= 4 is 33.4 Å². The van der Waals surface area contributed by atoms with Crippen LogP contribution in [0.25, 0.3) is 0 Å². The van der Waals surface area contributed by atoms with Crippen LogP contribution in [0.4, 0.5) is 18.9 Å². The number of nitrogens with two attached hydrogens (primary N) is 1. The summed E-state index contributed by atoms with van der Waals surface area (Å²) in [5.41, 5.74) is 5.99. The third kappa shape index (κ3) is 3.25. The van der Waals surface area contributed by atoms with E-state index in [0.29, 0.717) is 10.0 Å². The molecule has 0 aliphatic carbocycles. The smallest absolute Gasteiger partial charge is 0.141 e. The molecule has 0 amide bonds. The Balaban J connectivity index is 2.22. The largest absolute Gasteiger partial charge is 0.399 e. The molecule has 0 fully saturated rings. The minimum atomic E-state index is -0.713. The van der Waals surface area contributed by atoms with Gasteiger partial charge in [-0.1, -0.05) is 12.1 Å². The lowest BCUT2D eigenvalue weighted by Crippen LogP contribution is -1.94. The van der Waals surface area contributed by atoms with Crippen molar-refractivity contribution < 1.29 is 13.2 Å². The second kappa shape index (κ2) is 5.88. The van der Waals surface area contributed by atoms with Gasteiger partial charge in [-0.05, 0) is 39.7 Å². The highest BCUT2D eigenvalue weighted by Gasteiger charge is 2.13. The minimum Gasteiger partial charge on any atom is -0.399 e. The number of rotatable bonds is 3. The molecule has 0 unspecified atom stereocenters. The Hall–Kier alpha value is -1.14. The van der Waals surface area contributed by atoms with E-state index in [9.17, 15) is 13.2 Å². The Morgan fingerprint density at radius 2 is 1.68 bits per heavy atom. The average Bonchev–Trinajstić information content (AvgIpc) is 2.33. The normalized spacial score (nSPS) is 10.7. The molecule has 0 aromatic heterocycles. The first-order chi connectivity index (χ1) is 8.99. The maximum atomic E-state index is 13.6. The van der Waals surface area contributed by atoms with Gasteiger partial charge in [-0.2, -0.15) is 0 Å². The zero-order chi connectivity index (χ0) is 14.0. The van der Waals surface area contributed by atoms with Gasteiger partial charge < -0.3 is 5.73 Å². The van der Waals surface area contributed by atoms with Crippen LogP contribution in [0.3, 0.4) is 0 Å². The minimum absolute atomic E-state index is 0.0336. The predicted octanol–water partition coefficient (Wildman–Crippen LogP) is 4.74. The van der Waals surface area contributed by atoms with Gasteiger partial charge in [0.25, 0.3) is 0 Å². The van der Waals surface area contributed by atoms with Gasteiger partial charge in [0.15, 0.2) is 0 Å². The third-order valence-electron chi connectivity index (χ3n) is 2.42. The van der Waals surface area contributed by atoms with Crippen LogP contribution in [0.15, 0.2) is 39.7 Å². The van der Waals surface area contributed by atoms with Crippen LogP contribution in [-0.4, -0.2) is 0 Å². The van der Waals surface area contributed by atoms with E-state index in [4.69, 9.17) is 5.73 Å². The second-order valence-electron chi connectivity index (χ2n) is 3.82. The Labute approximate surface area is 121 Å². The van der Waals surface area contributed by atoms with E-state index in [1.165, 1.54) is 6.07 Å². The van der Waals surface area contributed by atoms with Gasteiger partial charge in [0, 0.05) is 11.4 Å². The summed E-state index contributed by atoms with van der Waals surface area (Å²) in [5, 5.41) is 0. The summed E-state index contributed by atoms with van der Waals surface area (Å²) >= 11 is 4.06. The fraction of sp³-hybridized carbons (Fsp3) is 0.0769. The first-order valence-electron chi connectivity index (χ1n) is 5.29. The third-order valence-corrected chi connectivity index (χ3v) is 4.45. The first-order valence-corrected chi connectivity index (χ1v) is 7.07. The molecule has 0 spiro atoms. The van der Waals surface area contributed by atoms with E-state index in [2.05, 4.69) is 15.9 Å². The summed E-state index contributed by atoms with van der Waals surface area (Å²) in [5.74, 6) is -1.59. The van der Waals surface area contributed by atoms with Crippen molar-refractivity contribution in [2.45, 2.75) is 10.6 Å². The van der Waals surface area contributed by atoms with Crippen molar-refractivity contribution in [2.75, 3.05) is 5.73 Å². The van der Waals surface area contributed by atoms with Crippen molar-refractivity contribution in [3.63, 3.8) is 0 Å². The molecule has 0 bridgehead atoms. The highest BCUT2D eigenvalue weighted by molar-refractivity contribution is 9.10. The lowest BCUT2D eigenvalue weighted by atomic mass is 10.2. The molecular formula is C13H9BrF3NS. The zero-order valence-electron chi connectivity index (χ0n) is 9.59. The van der Waals surface area contributed by atoms with E-state index in [1.807, 2.05) is 0 Å². The molecule has 2 aromatic rings. The maximum Gasteiger partial charge on any atom is 0.141 e. The Morgan fingerprint density at radius 3 is 2.32 bits per heavy atom. The summed E-state index contributed by atoms with van der Waals surface area (Å²) in [6.07, 6.45) is 0. The van der Waals surface area contributed by atoms with Crippen molar-refractivity contribution in [1.82, 2.24) is 0 Å². The van der Waals surface area contributed by atoms with Gasteiger partial charge in [-0.25, -0.2) is 13.2 Å². The van der Waals surface area contributed by atoms with Crippen LogP contribution in [0.2, 0.25) is 0 Å². The molecule has 0 atom stereocenters. The Morgan fingerprint density at radius 1 is 1.05 bits per heavy atom. The zero-order valence-corrected chi connectivity index (χ0v) is 12.0. The van der Waals surface area contributed by atoms with E-state index in [-0.39, 0.29) is 16.3 Å². The number of benzene rings is 2.